The maximum Gasteiger partial charge on any atom is 0.291 e. The number of nitrogens with one attached hydrogen (secondary N) is 1. The van der Waals surface area contributed by atoms with Gasteiger partial charge in [-0.2, -0.15) is 0 Å². The Morgan fingerprint density at radius 2 is 1.68 bits per heavy atom. The Balaban J connectivity index is 1.97. The molecule has 3 nitrogen and oxygen atoms in total. The Bertz CT molecular complexity index is 863. The van der Waals surface area contributed by atoms with Gasteiger partial charge in [0, 0.05) is 16.6 Å². The zero-order valence-electron chi connectivity index (χ0n) is 12.7. The molecule has 1 heterocycles. The Morgan fingerprint density at radius 1 is 1.05 bits per heavy atom. The number of carbonyl (C=O) groups is 1. The molecule has 2 aromatic carbocycles. The molecule has 0 aliphatic heterocycles. The van der Waals surface area contributed by atoms with Crippen molar-refractivity contribution in [1.82, 2.24) is 0 Å². The van der Waals surface area contributed by atoms with Crippen LogP contribution in [0.2, 0.25) is 0 Å². The van der Waals surface area contributed by atoms with Crippen LogP contribution >= 0.6 is 0 Å². The molecule has 3 rings (SSSR count). The first-order valence-electron chi connectivity index (χ1n) is 7.03. The molecule has 1 aromatic heterocycles. The van der Waals surface area contributed by atoms with Gasteiger partial charge < -0.3 is 9.73 Å². The second-order valence-electron chi connectivity index (χ2n) is 5.45. The quantitative estimate of drug-likeness (QED) is 0.741. The van der Waals surface area contributed by atoms with Crippen molar-refractivity contribution in [3.05, 3.63) is 64.7 Å². The Hall–Kier alpha value is -2.62. The maximum absolute atomic E-state index is 12.9. The molecule has 0 aliphatic rings. The highest BCUT2D eigenvalue weighted by atomic mass is 19.1. The van der Waals surface area contributed by atoms with E-state index in [4.69, 9.17) is 4.42 Å². The van der Waals surface area contributed by atoms with Crippen molar-refractivity contribution in [2.24, 2.45) is 0 Å². The normalized spacial score (nSPS) is 10.9. The Morgan fingerprint density at radius 3 is 2.36 bits per heavy atom. The fourth-order valence-electron chi connectivity index (χ4n) is 2.41. The van der Waals surface area contributed by atoms with Crippen molar-refractivity contribution in [3.63, 3.8) is 0 Å². The van der Waals surface area contributed by atoms with Crippen LogP contribution in [-0.4, -0.2) is 5.91 Å². The van der Waals surface area contributed by atoms with Gasteiger partial charge in [0.2, 0.25) is 0 Å². The van der Waals surface area contributed by atoms with Crippen LogP contribution in [0.1, 0.15) is 27.2 Å². The van der Waals surface area contributed by atoms with E-state index in [0.29, 0.717) is 11.3 Å². The predicted molar refractivity (Wildman–Crippen MR) is 84.8 cm³/mol. The average molecular weight is 297 g/mol. The van der Waals surface area contributed by atoms with Gasteiger partial charge in [0.25, 0.3) is 5.91 Å². The van der Waals surface area contributed by atoms with Gasteiger partial charge >= 0.3 is 0 Å². The van der Waals surface area contributed by atoms with E-state index in [-0.39, 0.29) is 17.5 Å². The van der Waals surface area contributed by atoms with Gasteiger partial charge in [0.05, 0.1) is 0 Å². The molecule has 0 fully saturated rings. The van der Waals surface area contributed by atoms with Gasteiger partial charge in [0.15, 0.2) is 5.76 Å². The number of hydrogen-bond donors (Lipinski definition) is 1. The van der Waals surface area contributed by atoms with Crippen LogP contribution in [0.4, 0.5) is 10.1 Å². The van der Waals surface area contributed by atoms with E-state index in [1.54, 1.807) is 0 Å². The molecule has 1 N–H and O–H groups in total. The molecule has 0 bridgehead atoms. The van der Waals surface area contributed by atoms with Crippen molar-refractivity contribution >= 4 is 22.6 Å². The van der Waals surface area contributed by atoms with Crippen molar-refractivity contribution in [2.75, 3.05) is 5.32 Å². The monoisotopic (exact) mass is 297 g/mol. The van der Waals surface area contributed by atoms with Gasteiger partial charge in [-0.05, 0) is 68.3 Å². The highest BCUT2D eigenvalue weighted by Crippen LogP contribution is 2.28. The number of rotatable bonds is 2. The van der Waals surface area contributed by atoms with Gasteiger partial charge in [-0.3, -0.25) is 4.79 Å². The first kappa shape index (κ1) is 14.3. The van der Waals surface area contributed by atoms with E-state index < -0.39 is 0 Å². The smallest absolute Gasteiger partial charge is 0.291 e. The summed E-state index contributed by atoms with van der Waals surface area (Å²) in [5.41, 5.74) is 4.30. The predicted octanol–water partition coefficient (Wildman–Crippen LogP) is 4.75. The van der Waals surface area contributed by atoms with Crippen LogP contribution in [0.3, 0.4) is 0 Å². The standard InChI is InChI=1S/C18H16FNO2/c1-10-8-15-12(3)17(22-16(15)9-11(10)2)18(21)20-14-6-4-13(19)5-7-14/h4-9H,1-3H3,(H,20,21). The second-order valence-corrected chi connectivity index (χ2v) is 5.45. The lowest BCUT2D eigenvalue weighted by atomic mass is 10.1. The zero-order chi connectivity index (χ0) is 15.9. The molecule has 0 radical (unpaired) electrons. The minimum atomic E-state index is -0.344. The third-order valence-corrected chi connectivity index (χ3v) is 3.86. The van der Waals surface area contributed by atoms with Crippen molar-refractivity contribution in [2.45, 2.75) is 20.8 Å². The summed E-state index contributed by atoms with van der Waals surface area (Å²) in [7, 11) is 0. The fraction of sp³-hybridized carbons (Fsp3) is 0.167. The minimum absolute atomic E-state index is 0.282. The van der Waals surface area contributed by atoms with Crippen LogP contribution in [0.25, 0.3) is 11.0 Å². The summed E-state index contributed by atoms with van der Waals surface area (Å²) in [6.07, 6.45) is 0. The number of carbonyl (C=O) groups excluding carboxylic acids is 1. The summed E-state index contributed by atoms with van der Waals surface area (Å²) < 4.78 is 18.6. The molecular weight excluding hydrogens is 281 g/mol. The summed E-state index contributed by atoms with van der Waals surface area (Å²) >= 11 is 0. The van der Waals surface area contributed by atoms with E-state index in [1.807, 2.05) is 32.9 Å². The number of amides is 1. The van der Waals surface area contributed by atoms with Gasteiger partial charge in [-0.1, -0.05) is 0 Å². The highest BCUT2D eigenvalue weighted by molar-refractivity contribution is 6.06. The number of aryl methyl sites for hydroxylation is 3. The van der Waals surface area contributed by atoms with Gasteiger partial charge in [-0.15, -0.1) is 0 Å². The lowest BCUT2D eigenvalue weighted by molar-refractivity contribution is 0.0998. The molecule has 0 spiro atoms. The number of hydrogen-bond acceptors (Lipinski definition) is 2. The van der Waals surface area contributed by atoms with Crippen molar-refractivity contribution in [1.29, 1.82) is 0 Å². The van der Waals surface area contributed by atoms with Crippen LogP contribution in [0.15, 0.2) is 40.8 Å². The molecule has 112 valence electrons. The number of fused-ring (bicyclic) bond motifs is 1. The van der Waals surface area contributed by atoms with Gasteiger partial charge in [-0.25, -0.2) is 4.39 Å². The van der Waals surface area contributed by atoms with Crippen molar-refractivity contribution < 1.29 is 13.6 Å². The molecule has 22 heavy (non-hydrogen) atoms. The lowest BCUT2D eigenvalue weighted by Crippen LogP contribution is -2.12. The molecule has 0 atom stereocenters. The average Bonchev–Trinajstić information content (AvgIpc) is 2.79. The molecule has 0 aliphatic carbocycles. The molecular formula is C18H16FNO2. The SMILES string of the molecule is Cc1cc2oc(C(=O)Nc3ccc(F)cc3)c(C)c2cc1C. The topological polar surface area (TPSA) is 42.2 Å². The van der Waals surface area contributed by atoms with Crippen LogP contribution in [0, 0.1) is 26.6 Å². The molecule has 0 saturated heterocycles. The van der Waals surface area contributed by atoms with Gasteiger partial charge in [0.1, 0.15) is 11.4 Å². The Labute approximate surface area is 127 Å². The maximum atomic E-state index is 12.9. The molecule has 0 unspecified atom stereocenters. The summed E-state index contributed by atoms with van der Waals surface area (Å²) in [5.74, 6) is -0.399. The first-order chi connectivity index (χ1) is 10.5. The second kappa shape index (κ2) is 5.30. The highest BCUT2D eigenvalue weighted by Gasteiger charge is 2.18. The largest absolute Gasteiger partial charge is 0.451 e. The molecule has 0 saturated carbocycles. The van der Waals surface area contributed by atoms with Crippen LogP contribution in [0.5, 0.6) is 0 Å². The third kappa shape index (κ3) is 2.48. The summed E-state index contributed by atoms with van der Waals surface area (Å²) in [6, 6.07) is 9.59. The van der Waals surface area contributed by atoms with E-state index >= 15 is 0 Å². The van der Waals surface area contributed by atoms with Crippen LogP contribution < -0.4 is 5.32 Å². The zero-order valence-corrected chi connectivity index (χ0v) is 12.7. The Kier molecular flexibility index (Phi) is 3.45. The number of furan rings is 1. The molecule has 1 amide bonds. The van der Waals surface area contributed by atoms with E-state index in [9.17, 15) is 9.18 Å². The van der Waals surface area contributed by atoms with Crippen molar-refractivity contribution in [3.8, 4) is 0 Å². The summed E-state index contributed by atoms with van der Waals surface area (Å²) in [6.45, 7) is 5.89. The van der Waals surface area contributed by atoms with E-state index in [2.05, 4.69) is 5.32 Å². The third-order valence-electron chi connectivity index (χ3n) is 3.86. The van der Waals surface area contributed by atoms with Crippen LogP contribution in [-0.2, 0) is 0 Å². The number of benzene rings is 2. The summed E-state index contributed by atoms with van der Waals surface area (Å²) in [5, 5.41) is 3.65. The van der Waals surface area contributed by atoms with E-state index in [0.717, 1.165) is 22.1 Å². The number of anilines is 1. The molecule has 4 heteroatoms. The minimum Gasteiger partial charge on any atom is -0.451 e. The first-order valence-corrected chi connectivity index (χ1v) is 7.03. The molecule has 3 aromatic rings. The number of halogens is 1. The van der Waals surface area contributed by atoms with E-state index in [1.165, 1.54) is 24.3 Å². The lowest BCUT2D eigenvalue weighted by Gasteiger charge is -2.03. The fourth-order valence-corrected chi connectivity index (χ4v) is 2.41. The summed E-state index contributed by atoms with van der Waals surface area (Å²) in [4.78, 5) is 12.4.